The molecular weight excluding hydrogens is 356 g/mol. The Labute approximate surface area is 158 Å². The fraction of sp³-hybridized carbons (Fsp3) is 0.889. The van der Waals surface area contributed by atoms with Crippen LogP contribution in [0, 0.1) is 5.92 Å². The summed E-state index contributed by atoms with van der Waals surface area (Å²) in [5, 5.41) is 18.4. The first-order chi connectivity index (χ1) is 12.6. The first-order valence-corrected chi connectivity index (χ1v) is 11.4. The van der Waals surface area contributed by atoms with Gasteiger partial charge < -0.3 is 33.0 Å². The Bertz CT molecular complexity index is 373. The zero-order valence-electron chi connectivity index (χ0n) is 16.6. The smallest absolute Gasteiger partial charge is 0.394 e. The average Bonchev–Trinajstić information content (AvgIpc) is 3.45. The largest absolute Gasteiger partial charge is 0.505 e. The van der Waals surface area contributed by atoms with Crippen LogP contribution >= 0.6 is 0 Å². The van der Waals surface area contributed by atoms with Crippen LogP contribution in [0.5, 0.6) is 0 Å². The third-order valence-corrected chi connectivity index (χ3v) is 7.91. The van der Waals surface area contributed by atoms with Gasteiger partial charge in [-0.1, -0.05) is 12.2 Å². The highest BCUT2D eigenvalue weighted by Gasteiger charge is 2.55. The number of allylic oxidation sites excluding steroid dienone is 1. The fourth-order valence-electron chi connectivity index (χ4n) is 3.15. The molecule has 1 saturated heterocycles. The van der Waals surface area contributed by atoms with Crippen molar-refractivity contribution in [3.63, 3.8) is 0 Å². The Balaban J connectivity index is 2.97. The molecule has 0 amide bonds. The molecule has 154 valence electrons. The summed E-state index contributed by atoms with van der Waals surface area (Å²) in [5.41, 5.74) is -0.00248. The summed E-state index contributed by atoms with van der Waals surface area (Å²) in [4.78, 5) is 0. The second-order valence-electron chi connectivity index (χ2n) is 6.18. The van der Waals surface area contributed by atoms with Gasteiger partial charge in [-0.25, -0.2) is 0 Å². The first kappa shape index (κ1) is 23.7. The van der Waals surface area contributed by atoms with Gasteiger partial charge in [-0.2, -0.15) is 0 Å². The van der Waals surface area contributed by atoms with Gasteiger partial charge in [0.05, 0.1) is 25.9 Å². The van der Waals surface area contributed by atoms with Crippen molar-refractivity contribution in [3.05, 3.63) is 12.2 Å². The van der Waals surface area contributed by atoms with Gasteiger partial charge in [-0.15, -0.1) is 0 Å². The molecule has 2 N–H and O–H groups in total. The van der Waals surface area contributed by atoms with E-state index in [1.807, 2.05) is 33.8 Å². The lowest BCUT2D eigenvalue weighted by atomic mass is 9.98. The molecule has 0 spiro atoms. The molecule has 0 aromatic heterocycles. The predicted molar refractivity (Wildman–Crippen MR) is 101 cm³/mol. The monoisotopic (exact) mass is 392 g/mol. The highest BCUT2D eigenvalue weighted by atomic mass is 28.4. The molecule has 1 aliphatic rings. The maximum Gasteiger partial charge on any atom is 0.505 e. The molecule has 0 aromatic rings. The van der Waals surface area contributed by atoms with Crippen LogP contribution in [0.25, 0.3) is 0 Å². The number of aliphatic hydroxyl groups is 2. The summed E-state index contributed by atoms with van der Waals surface area (Å²) < 4.78 is 29.6. The van der Waals surface area contributed by atoms with Crippen LogP contribution in [0.15, 0.2) is 12.2 Å². The molecule has 1 heterocycles. The van der Waals surface area contributed by atoms with Crippen molar-refractivity contribution in [2.75, 3.05) is 46.2 Å². The van der Waals surface area contributed by atoms with Crippen molar-refractivity contribution >= 4 is 8.80 Å². The summed E-state index contributed by atoms with van der Waals surface area (Å²) in [6, 6.07) is 0. The molecule has 1 rings (SSSR count). The topological polar surface area (TPSA) is 89.9 Å². The molecule has 26 heavy (non-hydrogen) atoms. The third kappa shape index (κ3) is 7.36. The van der Waals surface area contributed by atoms with E-state index >= 15 is 0 Å². The van der Waals surface area contributed by atoms with Crippen LogP contribution in [0.4, 0.5) is 0 Å². The molecule has 1 fully saturated rings. The van der Waals surface area contributed by atoms with Gasteiger partial charge in [0.1, 0.15) is 6.10 Å². The average molecular weight is 393 g/mol. The number of hydrogen-bond donors (Lipinski definition) is 2. The van der Waals surface area contributed by atoms with E-state index in [1.54, 1.807) is 0 Å². The second kappa shape index (κ2) is 13.0. The highest BCUT2D eigenvalue weighted by Crippen LogP contribution is 2.42. The van der Waals surface area contributed by atoms with Crippen LogP contribution in [-0.4, -0.2) is 77.5 Å². The van der Waals surface area contributed by atoms with Gasteiger partial charge in [0, 0.05) is 37.9 Å². The van der Waals surface area contributed by atoms with E-state index in [4.69, 9.17) is 27.9 Å². The highest BCUT2D eigenvalue weighted by molar-refractivity contribution is 6.62. The van der Waals surface area contributed by atoms with Crippen molar-refractivity contribution in [1.29, 1.82) is 0 Å². The number of epoxide rings is 1. The molecular formula is C18H36O7Si. The minimum absolute atomic E-state index is 0.00248. The normalized spacial score (nSPS) is 21.1. The second-order valence-corrected chi connectivity index (χ2v) is 9.00. The van der Waals surface area contributed by atoms with Gasteiger partial charge in [-0.05, 0) is 34.1 Å². The molecule has 4 unspecified atom stereocenters. The lowest BCUT2D eigenvalue weighted by Crippen LogP contribution is -2.53. The van der Waals surface area contributed by atoms with E-state index in [-0.39, 0.29) is 30.8 Å². The molecule has 0 bridgehead atoms. The van der Waals surface area contributed by atoms with Gasteiger partial charge >= 0.3 is 8.80 Å². The van der Waals surface area contributed by atoms with E-state index < -0.39 is 14.9 Å². The van der Waals surface area contributed by atoms with Crippen LogP contribution in [0.2, 0.25) is 5.54 Å². The number of rotatable bonds is 16. The maximum atomic E-state index is 9.46. The van der Waals surface area contributed by atoms with E-state index in [1.165, 1.54) is 0 Å². The zero-order valence-corrected chi connectivity index (χ0v) is 17.6. The summed E-state index contributed by atoms with van der Waals surface area (Å²) in [6.45, 7) is 10.3. The third-order valence-electron chi connectivity index (χ3n) is 4.25. The van der Waals surface area contributed by atoms with Crippen LogP contribution < -0.4 is 0 Å². The van der Waals surface area contributed by atoms with Crippen molar-refractivity contribution < 1.29 is 33.0 Å². The van der Waals surface area contributed by atoms with Gasteiger partial charge in [0.2, 0.25) is 0 Å². The minimum Gasteiger partial charge on any atom is -0.394 e. The van der Waals surface area contributed by atoms with E-state index in [2.05, 4.69) is 6.08 Å². The molecule has 1 aliphatic heterocycles. The standard InChI is InChI=1S/C18H36O7Si/c1-5-9-16(17-14-22-17)18(10-11-21-13-15(20)12-19)26(23-6-2,24-7-3)25-8-4/h5,9,15-20H,6-8,10-14H2,1-4H3. The lowest BCUT2D eigenvalue weighted by molar-refractivity contribution is 0.000110. The Morgan fingerprint density at radius 2 is 1.73 bits per heavy atom. The molecule has 7 nitrogen and oxygen atoms in total. The van der Waals surface area contributed by atoms with E-state index in [0.29, 0.717) is 32.8 Å². The lowest BCUT2D eigenvalue weighted by Gasteiger charge is -2.38. The molecule has 0 radical (unpaired) electrons. The Kier molecular flexibility index (Phi) is 11.8. The molecule has 0 saturated carbocycles. The zero-order chi connectivity index (χ0) is 19.4. The van der Waals surface area contributed by atoms with Crippen LogP contribution in [-0.2, 0) is 22.8 Å². The first-order valence-electron chi connectivity index (χ1n) is 9.61. The molecule has 4 atom stereocenters. The Morgan fingerprint density at radius 1 is 1.15 bits per heavy atom. The van der Waals surface area contributed by atoms with Gasteiger partial charge in [0.15, 0.2) is 0 Å². The summed E-state index contributed by atoms with van der Waals surface area (Å²) >= 11 is 0. The predicted octanol–water partition coefficient (Wildman–Crippen LogP) is 1.76. The van der Waals surface area contributed by atoms with Crippen molar-refractivity contribution in [2.45, 2.75) is 51.9 Å². The number of ether oxygens (including phenoxy) is 2. The van der Waals surface area contributed by atoms with Gasteiger partial charge in [-0.3, -0.25) is 0 Å². The molecule has 0 aromatic carbocycles. The molecule has 0 aliphatic carbocycles. The van der Waals surface area contributed by atoms with Crippen molar-refractivity contribution in [1.82, 2.24) is 0 Å². The van der Waals surface area contributed by atoms with Crippen molar-refractivity contribution in [2.24, 2.45) is 5.92 Å². The quantitative estimate of drug-likeness (QED) is 0.179. The van der Waals surface area contributed by atoms with E-state index in [0.717, 1.165) is 6.61 Å². The SMILES string of the molecule is CC=CC(C1CO1)C(CCOCC(O)CO)[Si](OCC)(OCC)OCC. The summed E-state index contributed by atoms with van der Waals surface area (Å²) in [5.74, 6) is 0.127. The number of aliphatic hydroxyl groups excluding tert-OH is 2. The molecule has 8 heteroatoms. The van der Waals surface area contributed by atoms with E-state index in [9.17, 15) is 5.11 Å². The fourth-order valence-corrected chi connectivity index (χ4v) is 6.52. The number of hydrogen-bond acceptors (Lipinski definition) is 7. The maximum absolute atomic E-state index is 9.46. The summed E-state index contributed by atoms with van der Waals surface area (Å²) in [7, 11) is -2.96. The Morgan fingerprint density at radius 3 is 2.15 bits per heavy atom. The van der Waals surface area contributed by atoms with Gasteiger partial charge in [0.25, 0.3) is 0 Å². The minimum atomic E-state index is -2.96. The summed E-state index contributed by atoms with van der Waals surface area (Å²) in [6.07, 6.45) is 4.12. The van der Waals surface area contributed by atoms with Crippen molar-refractivity contribution in [3.8, 4) is 0 Å². The van der Waals surface area contributed by atoms with Crippen LogP contribution in [0.3, 0.4) is 0 Å². The van der Waals surface area contributed by atoms with Crippen LogP contribution in [0.1, 0.15) is 34.1 Å². The Hall–Kier alpha value is -0.323.